The summed E-state index contributed by atoms with van der Waals surface area (Å²) in [6.07, 6.45) is 1.45. The molecule has 0 saturated carbocycles. The minimum Gasteiger partial charge on any atom is -0.504 e. The minimum atomic E-state index is -0.380. The number of rotatable bonds is 7. The van der Waals surface area contributed by atoms with E-state index >= 15 is 0 Å². The van der Waals surface area contributed by atoms with Crippen LogP contribution in [0.25, 0.3) is 11.1 Å². The molecule has 6 heteroatoms. The second-order valence-corrected chi connectivity index (χ2v) is 5.90. The van der Waals surface area contributed by atoms with Gasteiger partial charge in [-0.2, -0.15) is 5.10 Å². The Morgan fingerprint density at radius 2 is 1.75 bits per heavy atom. The third-order valence-electron chi connectivity index (χ3n) is 3.94. The maximum atomic E-state index is 11.9. The van der Waals surface area contributed by atoms with Gasteiger partial charge in [-0.1, -0.05) is 42.5 Å². The van der Waals surface area contributed by atoms with Crippen LogP contribution in [0, 0.1) is 0 Å². The molecular weight excluding hydrogens is 356 g/mol. The Balaban J connectivity index is 1.49. The van der Waals surface area contributed by atoms with E-state index in [1.165, 1.54) is 19.4 Å². The molecule has 1 amide bonds. The second-order valence-electron chi connectivity index (χ2n) is 5.90. The van der Waals surface area contributed by atoms with E-state index in [1.807, 2.05) is 54.6 Å². The highest BCUT2D eigenvalue weighted by molar-refractivity contribution is 5.83. The summed E-state index contributed by atoms with van der Waals surface area (Å²) in [6.45, 7) is -0.152. The van der Waals surface area contributed by atoms with E-state index in [2.05, 4.69) is 10.5 Å². The van der Waals surface area contributed by atoms with Crippen molar-refractivity contribution < 1.29 is 19.4 Å². The van der Waals surface area contributed by atoms with Crippen LogP contribution in [-0.2, 0) is 4.79 Å². The third kappa shape index (κ3) is 5.11. The molecule has 0 atom stereocenters. The van der Waals surface area contributed by atoms with Crippen molar-refractivity contribution >= 4 is 12.1 Å². The third-order valence-corrected chi connectivity index (χ3v) is 3.94. The first-order valence-electron chi connectivity index (χ1n) is 8.63. The molecule has 6 nitrogen and oxygen atoms in total. The minimum absolute atomic E-state index is 0.0374. The van der Waals surface area contributed by atoms with Crippen LogP contribution in [0.5, 0.6) is 17.2 Å². The molecule has 0 aromatic heterocycles. The molecule has 0 unspecified atom stereocenters. The van der Waals surface area contributed by atoms with E-state index < -0.39 is 0 Å². The van der Waals surface area contributed by atoms with Gasteiger partial charge in [0.15, 0.2) is 18.1 Å². The lowest BCUT2D eigenvalue weighted by atomic mass is 10.1. The number of hydrogen-bond donors (Lipinski definition) is 2. The Hall–Kier alpha value is -3.80. The van der Waals surface area contributed by atoms with Crippen LogP contribution < -0.4 is 14.9 Å². The number of benzene rings is 3. The Morgan fingerprint density at radius 3 is 2.46 bits per heavy atom. The second kappa shape index (κ2) is 9.23. The number of aromatic hydroxyl groups is 1. The molecule has 3 aromatic rings. The molecule has 0 aliphatic heterocycles. The molecule has 3 rings (SSSR count). The van der Waals surface area contributed by atoms with Crippen LogP contribution in [0.4, 0.5) is 0 Å². The van der Waals surface area contributed by atoms with E-state index in [0.717, 1.165) is 11.1 Å². The maximum absolute atomic E-state index is 11.9. The van der Waals surface area contributed by atoms with Crippen molar-refractivity contribution in [2.75, 3.05) is 13.7 Å². The number of methoxy groups -OCH3 is 1. The van der Waals surface area contributed by atoms with Gasteiger partial charge >= 0.3 is 0 Å². The monoisotopic (exact) mass is 376 g/mol. The van der Waals surface area contributed by atoms with Crippen molar-refractivity contribution in [1.29, 1.82) is 0 Å². The lowest BCUT2D eigenvalue weighted by Crippen LogP contribution is -2.24. The quantitative estimate of drug-likeness (QED) is 0.488. The van der Waals surface area contributed by atoms with Gasteiger partial charge < -0.3 is 14.6 Å². The number of amides is 1. The fourth-order valence-corrected chi connectivity index (χ4v) is 2.51. The van der Waals surface area contributed by atoms with Crippen molar-refractivity contribution in [2.45, 2.75) is 0 Å². The molecule has 0 radical (unpaired) electrons. The number of carbonyl (C=O) groups is 1. The van der Waals surface area contributed by atoms with E-state index in [1.54, 1.807) is 12.1 Å². The highest BCUT2D eigenvalue weighted by Crippen LogP contribution is 2.25. The molecule has 142 valence electrons. The molecule has 0 fully saturated rings. The van der Waals surface area contributed by atoms with E-state index in [9.17, 15) is 9.90 Å². The lowest BCUT2D eigenvalue weighted by Gasteiger charge is -2.07. The highest BCUT2D eigenvalue weighted by atomic mass is 16.5. The first-order chi connectivity index (χ1) is 13.7. The predicted molar refractivity (Wildman–Crippen MR) is 108 cm³/mol. The summed E-state index contributed by atoms with van der Waals surface area (Å²) >= 11 is 0. The van der Waals surface area contributed by atoms with Gasteiger partial charge in [-0.3, -0.25) is 4.79 Å². The number of nitrogens with zero attached hydrogens (tertiary/aromatic N) is 1. The zero-order valence-electron chi connectivity index (χ0n) is 15.3. The zero-order valence-corrected chi connectivity index (χ0v) is 15.3. The van der Waals surface area contributed by atoms with Crippen molar-refractivity contribution in [3.63, 3.8) is 0 Å². The van der Waals surface area contributed by atoms with Gasteiger partial charge in [-0.15, -0.1) is 0 Å². The Morgan fingerprint density at radius 1 is 1.04 bits per heavy atom. The highest BCUT2D eigenvalue weighted by Gasteiger charge is 2.04. The standard InChI is InChI=1S/C22H20N2O4/c1-27-21-13-16(7-12-20(21)25)14-23-24-22(26)15-28-19-10-8-18(9-11-19)17-5-3-2-4-6-17/h2-14,25H,15H2,1H3,(H,24,26)/b23-14+. The number of carbonyl (C=O) groups excluding carboxylic acids is 1. The fourth-order valence-electron chi connectivity index (χ4n) is 2.51. The topological polar surface area (TPSA) is 80.2 Å². The van der Waals surface area contributed by atoms with Gasteiger partial charge in [0.05, 0.1) is 13.3 Å². The zero-order chi connectivity index (χ0) is 19.8. The Kier molecular flexibility index (Phi) is 6.25. The molecule has 0 aliphatic carbocycles. The molecule has 0 spiro atoms. The van der Waals surface area contributed by atoms with Crippen molar-refractivity contribution in [3.05, 3.63) is 78.4 Å². The molecule has 0 bridgehead atoms. The molecule has 28 heavy (non-hydrogen) atoms. The van der Waals surface area contributed by atoms with Crippen LogP contribution in [-0.4, -0.2) is 30.9 Å². The van der Waals surface area contributed by atoms with Crippen LogP contribution in [0.3, 0.4) is 0 Å². The van der Waals surface area contributed by atoms with E-state index in [-0.39, 0.29) is 18.3 Å². The lowest BCUT2D eigenvalue weighted by molar-refractivity contribution is -0.123. The summed E-state index contributed by atoms with van der Waals surface area (Å²) in [5, 5.41) is 13.4. The fraction of sp³-hybridized carbons (Fsp3) is 0.0909. The SMILES string of the molecule is COc1cc(/C=N/NC(=O)COc2ccc(-c3ccccc3)cc2)ccc1O. The summed E-state index contributed by atoms with van der Waals surface area (Å²) in [5.41, 5.74) is 5.26. The average molecular weight is 376 g/mol. The van der Waals surface area contributed by atoms with Crippen LogP contribution >= 0.6 is 0 Å². The van der Waals surface area contributed by atoms with Crippen molar-refractivity contribution in [3.8, 4) is 28.4 Å². The molecule has 3 aromatic carbocycles. The van der Waals surface area contributed by atoms with Gasteiger partial charge in [-0.05, 0) is 47.0 Å². The summed E-state index contributed by atoms with van der Waals surface area (Å²) in [4.78, 5) is 11.9. The summed E-state index contributed by atoms with van der Waals surface area (Å²) in [5.74, 6) is 0.587. The molecule has 0 heterocycles. The van der Waals surface area contributed by atoms with Crippen LogP contribution in [0.15, 0.2) is 77.9 Å². The Bertz CT molecular complexity index is 954. The number of phenolic OH excluding ortho intramolecular Hbond substituents is 1. The predicted octanol–water partition coefficient (Wildman–Crippen LogP) is 3.60. The van der Waals surface area contributed by atoms with Crippen molar-refractivity contribution in [1.82, 2.24) is 5.43 Å². The van der Waals surface area contributed by atoms with Gasteiger partial charge in [0.2, 0.25) is 0 Å². The molecule has 0 saturated heterocycles. The van der Waals surface area contributed by atoms with E-state index in [0.29, 0.717) is 17.1 Å². The largest absolute Gasteiger partial charge is 0.504 e. The summed E-state index contributed by atoms with van der Waals surface area (Å²) < 4.78 is 10.5. The molecule has 2 N–H and O–H groups in total. The first kappa shape index (κ1) is 19.0. The number of phenols is 1. The van der Waals surface area contributed by atoms with Gasteiger partial charge in [0, 0.05) is 0 Å². The molecular formula is C22H20N2O4. The number of ether oxygens (including phenoxy) is 2. The van der Waals surface area contributed by atoms with Crippen molar-refractivity contribution in [2.24, 2.45) is 5.10 Å². The van der Waals surface area contributed by atoms with Crippen LogP contribution in [0.1, 0.15) is 5.56 Å². The summed E-state index contributed by atoms with van der Waals surface area (Å²) in [7, 11) is 1.46. The average Bonchev–Trinajstić information content (AvgIpc) is 2.74. The number of hydrazone groups is 1. The smallest absolute Gasteiger partial charge is 0.277 e. The summed E-state index contributed by atoms with van der Waals surface area (Å²) in [6, 6.07) is 22.3. The van der Waals surface area contributed by atoms with Crippen LogP contribution in [0.2, 0.25) is 0 Å². The maximum Gasteiger partial charge on any atom is 0.277 e. The number of hydrogen-bond acceptors (Lipinski definition) is 5. The molecule has 0 aliphatic rings. The first-order valence-corrected chi connectivity index (χ1v) is 8.63. The van der Waals surface area contributed by atoms with Gasteiger partial charge in [0.25, 0.3) is 5.91 Å². The van der Waals surface area contributed by atoms with Gasteiger partial charge in [-0.25, -0.2) is 5.43 Å². The number of nitrogens with one attached hydrogen (secondary N) is 1. The normalized spacial score (nSPS) is 10.6. The van der Waals surface area contributed by atoms with Gasteiger partial charge in [0.1, 0.15) is 5.75 Å². The van der Waals surface area contributed by atoms with E-state index in [4.69, 9.17) is 9.47 Å². The Labute approximate surface area is 163 Å².